The average molecular weight is 326 g/mol. The van der Waals surface area contributed by atoms with E-state index in [4.69, 9.17) is 4.74 Å². The van der Waals surface area contributed by atoms with E-state index in [9.17, 15) is 9.59 Å². The molecule has 0 saturated carbocycles. The molecule has 1 aromatic rings. The number of rotatable bonds is 2. The molecular weight excluding hydrogens is 304 g/mol. The van der Waals surface area contributed by atoms with Gasteiger partial charge in [0.05, 0.1) is 6.54 Å². The third-order valence-electron chi connectivity index (χ3n) is 6.32. The Kier molecular flexibility index (Phi) is 3.20. The molecule has 4 fully saturated rings. The summed E-state index contributed by atoms with van der Waals surface area (Å²) >= 11 is 0. The number of piperidine rings is 4. The molecule has 3 atom stereocenters. The van der Waals surface area contributed by atoms with E-state index in [0.29, 0.717) is 31.0 Å². The number of nitrogens with zero attached hydrogens (tertiary/aromatic N) is 1. The first kappa shape index (κ1) is 14.5. The van der Waals surface area contributed by atoms with E-state index in [0.717, 1.165) is 36.9 Å². The number of benzene rings is 1. The Morgan fingerprint density at radius 3 is 2.62 bits per heavy atom. The lowest BCUT2D eigenvalue weighted by molar-refractivity contribution is -0.163. The van der Waals surface area contributed by atoms with Crippen LogP contribution in [0.4, 0.5) is 5.69 Å². The van der Waals surface area contributed by atoms with Crippen molar-refractivity contribution in [3.63, 3.8) is 0 Å². The van der Waals surface area contributed by atoms with E-state index >= 15 is 0 Å². The molecule has 126 valence electrons. The first-order valence-electron chi connectivity index (χ1n) is 9.01. The molecule has 0 spiro atoms. The zero-order valence-corrected chi connectivity index (χ0v) is 13.6. The summed E-state index contributed by atoms with van der Waals surface area (Å²) in [5.74, 6) is 0.370. The normalized spacial score (nSPS) is 39.2. The Hall–Kier alpha value is -1.88. The Balaban J connectivity index is 1.27. The molecule has 6 rings (SSSR count). The number of carbonyl (C=O) groups excluding carboxylic acids is 2. The smallest absolute Gasteiger partial charge is 0.315 e. The van der Waals surface area contributed by atoms with E-state index in [1.165, 1.54) is 0 Å². The number of Topliss-reactive ketones (excluding diaryl/α,β-unsaturated/α-hetero) is 1. The lowest BCUT2D eigenvalue weighted by Crippen LogP contribution is -2.63. The van der Waals surface area contributed by atoms with Gasteiger partial charge < -0.3 is 10.1 Å². The van der Waals surface area contributed by atoms with Gasteiger partial charge in [0.2, 0.25) is 0 Å². The maximum absolute atomic E-state index is 12.7. The fourth-order valence-corrected chi connectivity index (χ4v) is 5.16. The highest BCUT2D eigenvalue weighted by atomic mass is 16.5. The molecule has 0 radical (unpaired) electrons. The number of ketones is 1. The summed E-state index contributed by atoms with van der Waals surface area (Å²) < 4.78 is 5.91. The summed E-state index contributed by atoms with van der Waals surface area (Å²) in [6.45, 7) is 1.24. The Labute approximate surface area is 141 Å². The highest BCUT2D eigenvalue weighted by molar-refractivity contribution is 5.85. The standard InChI is InChI=1S/C19H22N2O3/c22-18-10-21-12-5-11(18)6-13(21)8-14(7-12)24-19(23)16-9-20-17-4-2-1-3-15(16)17/h1-4,11-14,16,20H,5-10H2/t11?,12-,13-,14?,16?/m1/s1. The summed E-state index contributed by atoms with van der Waals surface area (Å²) in [5.41, 5.74) is 2.09. The summed E-state index contributed by atoms with van der Waals surface area (Å²) in [6.07, 6.45) is 3.68. The van der Waals surface area contributed by atoms with Crippen LogP contribution in [0.25, 0.3) is 0 Å². The van der Waals surface area contributed by atoms with Gasteiger partial charge in [-0.25, -0.2) is 0 Å². The number of nitrogens with one attached hydrogen (secondary N) is 1. The van der Waals surface area contributed by atoms with Gasteiger partial charge in [0.1, 0.15) is 17.8 Å². The van der Waals surface area contributed by atoms with E-state index in [2.05, 4.69) is 10.2 Å². The van der Waals surface area contributed by atoms with Crippen molar-refractivity contribution in [1.82, 2.24) is 4.90 Å². The molecule has 0 aromatic heterocycles. The summed E-state index contributed by atoms with van der Waals surface area (Å²) in [4.78, 5) is 26.9. The average Bonchev–Trinajstić information content (AvgIpc) is 2.99. The molecule has 1 unspecified atom stereocenters. The monoisotopic (exact) mass is 326 g/mol. The largest absolute Gasteiger partial charge is 0.462 e. The van der Waals surface area contributed by atoms with Crippen molar-refractivity contribution < 1.29 is 14.3 Å². The quantitative estimate of drug-likeness (QED) is 0.842. The van der Waals surface area contributed by atoms with Gasteiger partial charge in [-0.2, -0.15) is 0 Å². The molecular formula is C19H22N2O3. The minimum atomic E-state index is -0.193. The predicted octanol–water partition coefficient (Wildman–Crippen LogP) is 1.93. The van der Waals surface area contributed by atoms with E-state index < -0.39 is 0 Å². The van der Waals surface area contributed by atoms with E-state index in [1.807, 2.05) is 24.3 Å². The van der Waals surface area contributed by atoms with Gasteiger partial charge in [-0.1, -0.05) is 18.2 Å². The number of hydrogen-bond donors (Lipinski definition) is 1. The van der Waals surface area contributed by atoms with Crippen LogP contribution in [0.2, 0.25) is 0 Å². The van der Waals surface area contributed by atoms with E-state index in [-0.39, 0.29) is 23.9 Å². The van der Waals surface area contributed by atoms with Crippen LogP contribution in [0.5, 0.6) is 0 Å². The Morgan fingerprint density at radius 1 is 1.12 bits per heavy atom. The van der Waals surface area contributed by atoms with Crippen LogP contribution in [0.1, 0.15) is 37.2 Å². The molecule has 5 heterocycles. The van der Waals surface area contributed by atoms with Gasteiger partial charge in [-0.15, -0.1) is 0 Å². The van der Waals surface area contributed by atoms with Gasteiger partial charge in [-0.05, 0) is 24.5 Å². The van der Waals surface area contributed by atoms with Crippen LogP contribution in [-0.4, -0.2) is 47.9 Å². The second-order valence-electron chi connectivity index (χ2n) is 7.67. The second-order valence-corrected chi connectivity index (χ2v) is 7.67. The summed E-state index contributed by atoms with van der Waals surface area (Å²) in [6, 6.07) is 8.81. The van der Waals surface area contributed by atoms with Gasteiger partial charge >= 0.3 is 5.97 Å². The van der Waals surface area contributed by atoms with Crippen LogP contribution in [-0.2, 0) is 14.3 Å². The number of hydrogen-bond acceptors (Lipinski definition) is 5. The lowest BCUT2D eigenvalue weighted by atomic mass is 9.72. The number of carbonyl (C=O) groups is 2. The predicted molar refractivity (Wildman–Crippen MR) is 88.8 cm³/mol. The first-order chi connectivity index (χ1) is 11.7. The maximum Gasteiger partial charge on any atom is 0.315 e. The Bertz CT molecular complexity index is 688. The number of fused-ring (bicyclic) bond motifs is 2. The molecule has 5 heteroatoms. The maximum atomic E-state index is 12.7. The van der Waals surface area contributed by atoms with Crippen molar-refractivity contribution in [3.05, 3.63) is 29.8 Å². The SMILES string of the molecule is O=C1CN2[C@H]3CC(OC(=O)C4CNc5ccccc54)C[C@H]2CC1C3. The Morgan fingerprint density at radius 2 is 1.88 bits per heavy atom. The first-order valence-corrected chi connectivity index (χ1v) is 9.01. The topological polar surface area (TPSA) is 58.6 Å². The molecule has 24 heavy (non-hydrogen) atoms. The molecule has 1 N–H and O–H groups in total. The van der Waals surface area contributed by atoms with Gasteiger partial charge in [-0.3, -0.25) is 14.5 Å². The molecule has 4 bridgehead atoms. The van der Waals surface area contributed by atoms with Crippen molar-refractivity contribution in [3.8, 4) is 0 Å². The number of esters is 1. The fourth-order valence-electron chi connectivity index (χ4n) is 5.16. The van der Waals surface area contributed by atoms with Crippen LogP contribution in [0, 0.1) is 5.92 Å². The fraction of sp³-hybridized carbons (Fsp3) is 0.579. The van der Waals surface area contributed by atoms with Crippen LogP contribution in [0.3, 0.4) is 0 Å². The lowest BCUT2D eigenvalue weighted by Gasteiger charge is -2.54. The molecule has 5 aliphatic heterocycles. The van der Waals surface area contributed by atoms with Crippen LogP contribution in [0.15, 0.2) is 24.3 Å². The van der Waals surface area contributed by atoms with Crippen LogP contribution < -0.4 is 5.32 Å². The summed E-state index contributed by atoms with van der Waals surface area (Å²) in [5, 5.41) is 3.29. The molecule has 0 amide bonds. The molecule has 0 aliphatic carbocycles. The van der Waals surface area contributed by atoms with Gasteiger partial charge in [0.15, 0.2) is 0 Å². The van der Waals surface area contributed by atoms with Crippen LogP contribution >= 0.6 is 0 Å². The molecule has 5 aliphatic rings. The van der Waals surface area contributed by atoms with Crippen molar-refractivity contribution in [2.75, 3.05) is 18.4 Å². The van der Waals surface area contributed by atoms with Gasteiger partial charge in [0, 0.05) is 43.1 Å². The zero-order chi connectivity index (χ0) is 16.3. The number of ether oxygens (including phenoxy) is 1. The van der Waals surface area contributed by atoms with Crippen molar-refractivity contribution in [2.24, 2.45) is 5.92 Å². The molecule has 4 saturated heterocycles. The summed E-state index contributed by atoms with van der Waals surface area (Å²) in [7, 11) is 0. The minimum Gasteiger partial charge on any atom is -0.462 e. The highest BCUT2D eigenvalue weighted by Crippen LogP contribution is 2.42. The third kappa shape index (κ3) is 2.18. The number of anilines is 1. The van der Waals surface area contributed by atoms with Gasteiger partial charge in [0.25, 0.3) is 0 Å². The minimum absolute atomic E-state index is 0.00524. The van der Waals surface area contributed by atoms with Crippen molar-refractivity contribution in [1.29, 1.82) is 0 Å². The van der Waals surface area contributed by atoms with E-state index in [1.54, 1.807) is 0 Å². The second kappa shape index (κ2) is 5.31. The zero-order valence-electron chi connectivity index (χ0n) is 13.6. The highest BCUT2D eigenvalue weighted by Gasteiger charge is 2.49. The number of para-hydroxylation sites is 1. The molecule has 5 nitrogen and oxygen atoms in total. The van der Waals surface area contributed by atoms with Crippen molar-refractivity contribution in [2.45, 2.75) is 49.8 Å². The molecule has 1 aromatic carbocycles. The van der Waals surface area contributed by atoms with Crippen molar-refractivity contribution >= 4 is 17.4 Å². The third-order valence-corrected chi connectivity index (χ3v) is 6.32.